The van der Waals surface area contributed by atoms with E-state index < -0.39 is 0 Å². The lowest BCUT2D eigenvalue weighted by Crippen LogP contribution is -2.20. The Morgan fingerprint density at radius 2 is 2.20 bits per heavy atom. The molecule has 0 unspecified atom stereocenters. The largest absolute Gasteiger partial charge is 0.394 e. The predicted molar refractivity (Wildman–Crippen MR) is 40.7 cm³/mol. The molecule has 10 heavy (non-hydrogen) atoms. The molecule has 0 aliphatic carbocycles. The van der Waals surface area contributed by atoms with Crippen LogP contribution in [0.25, 0.3) is 0 Å². The van der Waals surface area contributed by atoms with Crippen LogP contribution in [-0.2, 0) is 4.74 Å². The summed E-state index contributed by atoms with van der Waals surface area (Å²) in [6.07, 6.45) is -0.122. The molecule has 0 spiro atoms. The number of halogens is 2. The predicted octanol–water partition coefficient (Wildman–Crippen LogP) is 0.981. The minimum Gasteiger partial charge on any atom is -0.394 e. The van der Waals surface area contributed by atoms with E-state index >= 15 is 0 Å². The van der Waals surface area contributed by atoms with Gasteiger partial charge in [0, 0.05) is 5.38 Å². The van der Waals surface area contributed by atoms with E-state index in [1.807, 2.05) is 6.92 Å². The van der Waals surface area contributed by atoms with E-state index in [0.29, 0.717) is 0 Å². The van der Waals surface area contributed by atoms with Crippen molar-refractivity contribution in [2.24, 2.45) is 0 Å². The van der Waals surface area contributed by atoms with E-state index in [9.17, 15) is 0 Å². The third kappa shape index (κ3) is 1.76. The van der Waals surface area contributed by atoms with Crippen LogP contribution in [0.5, 0.6) is 0 Å². The molecule has 1 rings (SSSR count). The molecule has 60 valence electrons. The van der Waals surface area contributed by atoms with E-state index in [4.69, 9.17) is 33.0 Å². The maximum Gasteiger partial charge on any atom is 0.109 e. The minimum atomic E-state index is -0.182. The second-order valence-electron chi connectivity index (χ2n) is 2.44. The molecule has 0 aromatic carbocycles. The van der Waals surface area contributed by atoms with E-state index in [1.54, 1.807) is 0 Å². The average molecular weight is 185 g/mol. The van der Waals surface area contributed by atoms with Gasteiger partial charge in [-0.2, -0.15) is 0 Å². The topological polar surface area (TPSA) is 32.8 Å². The van der Waals surface area contributed by atoms with Crippen molar-refractivity contribution < 1.29 is 9.84 Å². The molecule has 1 saturated heterocycles. The summed E-state index contributed by atoms with van der Waals surface area (Å²) in [5, 5.41) is 8.29. The van der Waals surface area contributed by atoms with Crippen molar-refractivity contribution in [1.29, 1.82) is 0 Å². The zero-order chi connectivity index (χ0) is 7.72. The zero-order valence-corrected chi connectivity index (χ0v) is 7.14. The van der Waals surface area contributed by atoms with Crippen LogP contribution in [0.2, 0.25) is 0 Å². The first-order valence-electron chi connectivity index (χ1n) is 3.21. The van der Waals surface area contributed by atoms with Crippen molar-refractivity contribution in [2.75, 3.05) is 6.61 Å². The van der Waals surface area contributed by atoms with Gasteiger partial charge in [0.15, 0.2) is 0 Å². The molecule has 0 bridgehead atoms. The summed E-state index contributed by atoms with van der Waals surface area (Å²) in [6.45, 7) is 1.85. The Hall–Kier alpha value is 0.500. The number of ether oxygens (including phenoxy) is 1. The smallest absolute Gasteiger partial charge is 0.109 e. The molecule has 1 fully saturated rings. The summed E-state index contributed by atoms with van der Waals surface area (Å²) in [7, 11) is 0. The molecule has 1 aliphatic heterocycles. The molecule has 1 N–H and O–H groups in total. The molecular formula is C6H10Cl2O2. The zero-order valence-electron chi connectivity index (χ0n) is 5.63. The fourth-order valence-corrected chi connectivity index (χ4v) is 1.21. The summed E-state index contributed by atoms with van der Waals surface area (Å²) < 4.78 is 5.02. The molecule has 0 aromatic rings. The first-order valence-corrected chi connectivity index (χ1v) is 4.08. The Balaban J connectivity index is 2.25. The minimum absolute atomic E-state index is 0.0392. The van der Waals surface area contributed by atoms with Crippen molar-refractivity contribution >= 4 is 23.2 Å². The van der Waals surface area contributed by atoms with E-state index in [0.717, 1.165) is 0 Å². The summed E-state index contributed by atoms with van der Waals surface area (Å²) in [5.41, 5.74) is 0. The highest BCUT2D eigenvalue weighted by atomic mass is 35.5. The molecule has 1 heterocycles. The van der Waals surface area contributed by atoms with Crippen molar-refractivity contribution in [3.8, 4) is 0 Å². The van der Waals surface area contributed by atoms with Gasteiger partial charge in [-0.15, -0.1) is 23.2 Å². The third-order valence-electron chi connectivity index (χ3n) is 1.55. The van der Waals surface area contributed by atoms with Gasteiger partial charge in [0.1, 0.15) is 12.2 Å². The molecule has 0 saturated carbocycles. The molecule has 0 radical (unpaired) electrons. The molecule has 2 nitrogen and oxygen atoms in total. The first-order chi connectivity index (χ1) is 4.66. The number of alkyl halides is 2. The van der Waals surface area contributed by atoms with Crippen LogP contribution in [0, 0.1) is 0 Å². The Bertz CT molecular complexity index is 118. The lowest BCUT2D eigenvalue weighted by Gasteiger charge is -2.06. The number of aliphatic hydroxyl groups excluding tert-OH is 1. The number of hydrogen-bond acceptors (Lipinski definition) is 2. The van der Waals surface area contributed by atoms with Crippen molar-refractivity contribution in [3.63, 3.8) is 0 Å². The van der Waals surface area contributed by atoms with Gasteiger partial charge in [-0.05, 0) is 6.92 Å². The van der Waals surface area contributed by atoms with E-state index in [-0.39, 0.29) is 29.6 Å². The number of aliphatic hydroxyl groups is 1. The first kappa shape index (κ1) is 8.60. The molecule has 4 heteroatoms. The van der Waals surface area contributed by atoms with Gasteiger partial charge in [-0.1, -0.05) is 0 Å². The highest BCUT2D eigenvalue weighted by Crippen LogP contribution is 2.31. The summed E-state index contributed by atoms with van der Waals surface area (Å²) in [5.74, 6) is 0. The Morgan fingerprint density at radius 3 is 2.50 bits per heavy atom. The van der Waals surface area contributed by atoms with E-state index in [1.165, 1.54) is 0 Å². The standard InChI is InChI=1S/C6H10Cl2O2/c1-3(7)5(8)6-4(2-9)10-6/h3-6,9H,2H2,1H3/t3-,4-,5+,6-/m0/s1. The van der Waals surface area contributed by atoms with Crippen LogP contribution < -0.4 is 0 Å². The van der Waals surface area contributed by atoms with Gasteiger partial charge in [0.25, 0.3) is 0 Å². The van der Waals surface area contributed by atoms with Crippen molar-refractivity contribution in [2.45, 2.75) is 29.9 Å². The number of rotatable bonds is 3. The quantitative estimate of drug-likeness (QED) is 0.525. The van der Waals surface area contributed by atoms with Gasteiger partial charge >= 0.3 is 0 Å². The lowest BCUT2D eigenvalue weighted by atomic mass is 10.2. The SMILES string of the molecule is C[C@H](Cl)[C@@H](Cl)[C@H]1O[C@H]1CO. The van der Waals surface area contributed by atoms with Gasteiger partial charge in [-0.3, -0.25) is 0 Å². The highest BCUT2D eigenvalue weighted by Gasteiger charge is 2.45. The Kier molecular flexibility index (Phi) is 2.81. The van der Waals surface area contributed by atoms with E-state index in [2.05, 4.69) is 0 Å². The van der Waals surface area contributed by atoms with Crippen molar-refractivity contribution in [3.05, 3.63) is 0 Å². The maximum absolute atomic E-state index is 8.58. The maximum atomic E-state index is 8.58. The third-order valence-corrected chi connectivity index (χ3v) is 2.58. The number of epoxide rings is 1. The fraction of sp³-hybridized carbons (Fsp3) is 1.00. The highest BCUT2D eigenvalue weighted by molar-refractivity contribution is 6.30. The monoisotopic (exact) mass is 184 g/mol. The van der Waals surface area contributed by atoms with Crippen LogP contribution >= 0.6 is 23.2 Å². The van der Waals surface area contributed by atoms with Gasteiger partial charge < -0.3 is 9.84 Å². The number of hydrogen-bond donors (Lipinski definition) is 1. The Morgan fingerprint density at radius 1 is 1.60 bits per heavy atom. The summed E-state index contributed by atoms with van der Waals surface area (Å²) >= 11 is 11.5. The second kappa shape index (κ2) is 3.26. The molecular weight excluding hydrogens is 175 g/mol. The van der Waals surface area contributed by atoms with Crippen LogP contribution in [0.4, 0.5) is 0 Å². The van der Waals surface area contributed by atoms with Crippen LogP contribution in [0.1, 0.15) is 6.92 Å². The van der Waals surface area contributed by atoms with Gasteiger partial charge in [0.2, 0.25) is 0 Å². The molecule has 0 amide bonds. The summed E-state index contributed by atoms with van der Waals surface area (Å²) in [4.78, 5) is 0. The molecule has 1 aliphatic rings. The van der Waals surface area contributed by atoms with Crippen molar-refractivity contribution in [1.82, 2.24) is 0 Å². The van der Waals surface area contributed by atoms with Crippen LogP contribution in [0.15, 0.2) is 0 Å². The fourth-order valence-electron chi connectivity index (χ4n) is 0.845. The Labute approximate surface area is 70.1 Å². The second-order valence-corrected chi connectivity index (χ2v) is 3.64. The molecule has 0 aromatic heterocycles. The van der Waals surface area contributed by atoms with Crippen LogP contribution in [-0.4, -0.2) is 34.7 Å². The van der Waals surface area contributed by atoms with Gasteiger partial charge in [-0.25, -0.2) is 0 Å². The summed E-state index contributed by atoms with van der Waals surface area (Å²) in [6, 6.07) is 0. The van der Waals surface area contributed by atoms with Gasteiger partial charge in [0.05, 0.1) is 12.0 Å². The normalized spacial score (nSPS) is 37.2. The lowest BCUT2D eigenvalue weighted by molar-refractivity contribution is 0.242. The van der Waals surface area contributed by atoms with Crippen LogP contribution in [0.3, 0.4) is 0 Å². The average Bonchev–Trinajstić information content (AvgIpc) is 2.64. The molecule has 4 atom stereocenters.